The standard InChI is InChI=1S/C11H12Cl2N2O3/c1-11(2,15-9(16)14-10(17)18)6-3-4-7(12)8(13)5-6/h3-5H,1-2H3,(H,17,18)(H2,14,15,16). The molecule has 0 radical (unpaired) electrons. The zero-order valence-corrected chi connectivity index (χ0v) is 11.3. The molecular weight excluding hydrogens is 279 g/mol. The van der Waals surface area contributed by atoms with Crippen molar-refractivity contribution in [3.05, 3.63) is 33.8 Å². The van der Waals surface area contributed by atoms with Gasteiger partial charge in [-0.3, -0.25) is 0 Å². The van der Waals surface area contributed by atoms with Crippen molar-refractivity contribution in [3.8, 4) is 0 Å². The summed E-state index contributed by atoms with van der Waals surface area (Å²) in [6.45, 7) is 3.43. The Morgan fingerprint density at radius 1 is 1.22 bits per heavy atom. The molecule has 3 N–H and O–H groups in total. The predicted molar refractivity (Wildman–Crippen MR) is 69.2 cm³/mol. The van der Waals surface area contributed by atoms with E-state index in [2.05, 4.69) is 5.32 Å². The summed E-state index contributed by atoms with van der Waals surface area (Å²) < 4.78 is 0. The molecule has 0 fully saturated rings. The lowest BCUT2D eigenvalue weighted by Crippen LogP contribution is -2.47. The third-order valence-corrected chi connectivity index (χ3v) is 3.03. The van der Waals surface area contributed by atoms with Gasteiger partial charge in [0.1, 0.15) is 0 Å². The van der Waals surface area contributed by atoms with E-state index in [4.69, 9.17) is 28.3 Å². The van der Waals surface area contributed by atoms with E-state index in [1.165, 1.54) is 0 Å². The molecule has 0 atom stereocenters. The molecule has 0 spiro atoms. The molecule has 7 heteroatoms. The fourth-order valence-corrected chi connectivity index (χ4v) is 1.67. The first kappa shape index (κ1) is 14.6. The van der Waals surface area contributed by atoms with Crippen LogP contribution in [0.2, 0.25) is 10.0 Å². The number of amides is 3. The van der Waals surface area contributed by atoms with E-state index in [-0.39, 0.29) is 0 Å². The number of carbonyl (C=O) groups is 2. The van der Waals surface area contributed by atoms with Crippen LogP contribution in [0.1, 0.15) is 19.4 Å². The molecule has 98 valence electrons. The number of hydrogen-bond donors (Lipinski definition) is 3. The van der Waals surface area contributed by atoms with Gasteiger partial charge in [-0.1, -0.05) is 29.3 Å². The summed E-state index contributed by atoms with van der Waals surface area (Å²) in [4.78, 5) is 21.7. The zero-order chi connectivity index (χ0) is 13.9. The van der Waals surface area contributed by atoms with Crippen molar-refractivity contribution in [2.45, 2.75) is 19.4 Å². The van der Waals surface area contributed by atoms with Gasteiger partial charge in [-0.2, -0.15) is 0 Å². The molecule has 18 heavy (non-hydrogen) atoms. The first-order valence-corrected chi connectivity index (χ1v) is 5.75. The number of hydrogen-bond acceptors (Lipinski definition) is 2. The largest absolute Gasteiger partial charge is 0.465 e. The summed E-state index contributed by atoms with van der Waals surface area (Å²) >= 11 is 11.7. The molecule has 0 aliphatic rings. The Kier molecular flexibility index (Phi) is 4.43. The summed E-state index contributed by atoms with van der Waals surface area (Å²) in [6.07, 6.45) is -1.42. The Labute approximate surface area is 114 Å². The van der Waals surface area contributed by atoms with Crippen LogP contribution in [0.5, 0.6) is 0 Å². The van der Waals surface area contributed by atoms with Gasteiger partial charge in [0.2, 0.25) is 0 Å². The quantitative estimate of drug-likeness (QED) is 0.783. The average Bonchev–Trinajstić information content (AvgIpc) is 2.19. The SMILES string of the molecule is CC(C)(NC(=O)NC(=O)O)c1ccc(Cl)c(Cl)c1. The molecule has 5 nitrogen and oxygen atoms in total. The second kappa shape index (κ2) is 5.46. The van der Waals surface area contributed by atoms with E-state index in [9.17, 15) is 9.59 Å². The van der Waals surface area contributed by atoms with Crippen LogP contribution in [0.3, 0.4) is 0 Å². The Morgan fingerprint density at radius 2 is 1.83 bits per heavy atom. The fraction of sp³-hybridized carbons (Fsp3) is 0.273. The van der Waals surface area contributed by atoms with E-state index in [0.29, 0.717) is 15.6 Å². The van der Waals surface area contributed by atoms with E-state index < -0.39 is 17.7 Å². The molecule has 0 unspecified atom stereocenters. The number of rotatable bonds is 2. The smallest absolute Gasteiger partial charge is 0.412 e. The lowest BCUT2D eigenvalue weighted by Gasteiger charge is -2.26. The van der Waals surface area contributed by atoms with Gasteiger partial charge in [-0.05, 0) is 31.5 Å². The molecule has 1 aromatic rings. The summed E-state index contributed by atoms with van der Waals surface area (Å²) in [7, 11) is 0. The molecule has 0 aromatic heterocycles. The van der Waals surface area contributed by atoms with Gasteiger partial charge < -0.3 is 10.4 Å². The fourth-order valence-electron chi connectivity index (χ4n) is 1.37. The van der Waals surface area contributed by atoms with Crippen LogP contribution in [-0.2, 0) is 5.54 Å². The maximum Gasteiger partial charge on any atom is 0.412 e. The van der Waals surface area contributed by atoms with E-state index in [1.54, 1.807) is 37.4 Å². The highest BCUT2D eigenvalue weighted by molar-refractivity contribution is 6.42. The predicted octanol–water partition coefficient (Wildman–Crippen LogP) is 3.21. The molecule has 0 bridgehead atoms. The van der Waals surface area contributed by atoms with Crippen molar-refractivity contribution in [3.63, 3.8) is 0 Å². The van der Waals surface area contributed by atoms with Crippen molar-refractivity contribution in [1.29, 1.82) is 0 Å². The van der Waals surface area contributed by atoms with Crippen molar-refractivity contribution < 1.29 is 14.7 Å². The summed E-state index contributed by atoms with van der Waals surface area (Å²) in [5.74, 6) is 0. The zero-order valence-electron chi connectivity index (χ0n) is 9.75. The van der Waals surface area contributed by atoms with Crippen LogP contribution in [0.4, 0.5) is 9.59 Å². The number of imide groups is 1. The lowest BCUT2D eigenvalue weighted by atomic mass is 9.94. The third kappa shape index (κ3) is 3.78. The van der Waals surface area contributed by atoms with Crippen LogP contribution < -0.4 is 10.6 Å². The molecule has 0 saturated carbocycles. The van der Waals surface area contributed by atoms with Crippen LogP contribution in [0.25, 0.3) is 0 Å². The topological polar surface area (TPSA) is 78.4 Å². The first-order valence-electron chi connectivity index (χ1n) is 5.00. The molecule has 3 amide bonds. The molecule has 0 aliphatic carbocycles. The molecule has 0 aliphatic heterocycles. The van der Waals surface area contributed by atoms with E-state index in [1.807, 2.05) is 0 Å². The highest BCUT2D eigenvalue weighted by Gasteiger charge is 2.24. The highest BCUT2D eigenvalue weighted by Crippen LogP contribution is 2.28. The minimum atomic E-state index is -1.42. The van der Waals surface area contributed by atoms with Gasteiger partial charge in [0.05, 0.1) is 15.6 Å². The van der Waals surface area contributed by atoms with E-state index in [0.717, 1.165) is 0 Å². The number of carboxylic acid groups (broad SMARTS) is 1. The maximum atomic E-state index is 11.3. The molecule has 0 heterocycles. The normalized spacial score (nSPS) is 10.9. The summed E-state index contributed by atoms with van der Waals surface area (Å²) in [5, 5.41) is 13.4. The maximum absolute atomic E-state index is 11.3. The lowest BCUT2D eigenvalue weighted by molar-refractivity contribution is 0.189. The Hall–Kier alpha value is -1.46. The van der Waals surface area contributed by atoms with Gasteiger partial charge >= 0.3 is 12.1 Å². The van der Waals surface area contributed by atoms with Gasteiger partial charge in [0, 0.05) is 0 Å². The highest BCUT2D eigenvalue weighted by atomic mass is 35.5. The number of urea groups is 1. The Morgan fingerprint density at radius 3 is 2.33 bits per heavy atom. The van der Waals surface area contributed by atoms with Crippen LogP contribution in [0.15, 0.2) is 18.2 Å². The molecule has 0 saturated heterocycles. The summed E-state index contributed by atoms with van der Waals surface area (Å²) in [5.41, 5.74) is -0.0780. The van der Waals surface area contributed by atoms with Gasteiger partial charge in [-0.15, -0.1) is 0 Å². The summed E-state index contributed by atoms with van der Waals surface area (Å²) in [6, 6.07) is 4.12. The van der Waals surface area contributed by atoms with Gasteiger partial charge in [-0.25, -0.2) is 14.9 Å². The monoisotopic (exact) mass is 290 g/mol. The number of halogens is 2. The average molecular weight is 291 g/mol. The second-order valence-electron chi connectivity index (χ2n) is 4.14. The molecular formula is C11H12Cl2N2O3. The van der Waals surface area contributed by atoms with Crippen molar-refractivity contribution in [1.82, 2.24) is 10.6 Å². The van der Waals surface area contributed by atoms with Crippen LogP contribution in [-0.4, -0.2) is 17.2 Å². The van der Waals surface area contributed by atoms with Crippen molar-refractivity contribution in [2.75, 3.05) is 0 Å². The van der Waals surface area contributed by atoms with Crippen LogP contribution in [0, 0.1) is 0 Å². The minimum absolute atomic E-state index is 0.364. The van der Waals surface area contributed by atoms with Gasteiger partial charge in [0.25, 0.3) is 0 Å². The van der Waals surface area contributed by atoms with Gasteiger partial charge in [0.15, 0.2) is 0 Å². The number of nitrogens with one attached hydrogen (secondary N) is 2. The Balaban J connectivity index is 2.88. The van der Waals surface area contributed by atoms with Crippen molar-refractivity contribution in [2.24, 2.45) is 0 Å². The number of carbonyl (C=O) groups excluding carboxylic acids is 1. The third-order valence-electron chi connectivity index (χ3n) is 2.29. The number of benzene rings is 1. The Bertz CT molecular complexity index is 489. The van der Waals surface area contributed by atoms with Crippen LogP contribution >= 0.6 is 23.2 Å². The van der Waals surface area contributed by atoms with E-state index >= 15 is 0 Å². The molecule has 1 aromatic carbocycles. The minimum Gasteiger partial charge on any atom is -0.465 e. The first-order chi connectivity index (χ1) is 8.22. The van der Waals surface area contributed by atoms with Crippen molar-refractivity contribution >= 4 is 35.3 Å². The second-order valence-corrected chi connectivity index (χ2v) is 4.95. The molecule has 1 rings (SSSR count).